The van der Waals surface area contributed by atoms with Crippen LogP contribution in [0.5, 0.6) is 0 Å². The van der Waals surface area contributed by atoms with E-state index in [4.69, 9.17) is 9.84 Å². The van der Waals surface area contributed by atoms with Crippen molar-refractivity contribution < 1.29 is 19.7 Å². The average Bonchev–Trinajstić information content (AvgIpc) is 2.60. The second-order valence-corrected chi connectivity index (χ2v) is 8.26. The molecule has 0 saturated heterocycles. The first-order valence-electron chi connectivity index (χ1n) is 10.9. The van der Waals surface area contributed by atoms with Crippen LogP contribution in [-0.4, -0.2) is 34.5 Å². The summed E-state index contributed by atoms with van der Waals surface area (Å²) in [6.07, 6.45) is 16.4. The minimum absolute atomic E-state index is 0.0950. The lowest BCUT2D eigenvalue weighted by Crippen LogP contribution is -2.31. The van der Waals surface area contributed by atoms with E-state index in [1.807, 2.05) is 0 Å². The zero-order valence-electron chi connectivity index (χ0n) is 17.6. The van der Waals surface area contributed by atoms with Gasteiger partial charge in [-0.15, -0.1) is 0 Å². The van der Waals surface area contributed by atoms with Crippen molar-refractivity contribution in [1.29, 1.82) is 0 Å². The average molecular weight is 373 g/mol. The highest BCUT2D eigenvalue weighted by Crippen LogP contribution is 2.15. The predicted octanol–water partition coefficient (Wildman–Crippen LogP) is 5.53. The molecule has 4 heteroatoms. The number of hydrogen-bond donors (Lipinski definition) is 2. The molecule has 1 unspecified atom stereocenters. The molecular weight excluding hydrogens is 328 g/mol. The number of ether oxygens (including phenoxy) is 1. The van der Waals surface area contributed by atoms with Crippen molar-refractivity contribution in [3.63, 3.8) is 0 Å². The van der Waals surface area contributed by atoms with Gasteiger partial charge in [-0.05, 0) is 33.1 Å². The molecule has 0 rings (SSSR count). The maximum atomic E-state index is 11.6. The van der Waals surface area contributed by atoms with E-state index in [2.05, 4.69) is 6.92 Å². The van der Waals surface area contributed by atoms with Gasteiger partial charge in [0.25, 0.3) is 0 Å². The van der Waals surface area contributed by atoms with Crippen molar-refractivity contribution in [3.05, 3.63) is 0 Å². The SMILES string of the molecule is CCCCCCC(O)CCCCCCCCCCC(=O)OC(C)(C)CO. The van der Waals surface area contributed by atoms with Gasteiger partial charge in [0.05, 0.1) is 12.7 Å². The first kappa shape index (κ1) is 25.4. The highest BCUT2D eigenvalue weighted by molar-refractivity contribution is 5.69. The van der Waals surface area contributed by atoms with Crippen molar-refractivity contribution in [2.75, 3.05) is 6.61 Å². The van der Waals surface area contributed by atoms with Crippen molar-refractivity contribution in [3.8, 4) is 0 Å². The fourth-order valence-electron chi connectivity index (χ4n) is 3.05. The highest BCUT2D eigenvalue weighted by Gasteiger charge is 2.21. The lowest BCUT2D eigenvalue weighted by Gasteiger charge is -2.22. The van der Waals surface area contributed by atoms with Crippen LogP contribution in [0, 0.1) is 0 Å². The second-order valence-electron chi connectivity index (χ2n) is 8.26. The lowest BCUT2D eigenvalue weighted by atomic mass is 10.0. The molecule has 0 amide bonds. The van der Waals surface area contributed by atoms with Crippen LogP contribution in [0.3, 0.4) is 0 Å². The maximum Gasteiger partial charge on any atom is 0.306 e. The van der Waals surface area contributed by atoms with E-state index in [1.165, 1.54) is 51.4 Å². The Morgan fingerprint density at radius 2 is 1.31 bits per heavy atom. The molecule has 156 valence electrons. The Bertz CT molecular complexity index is 328. The Morgan fingerprint density at radius 3 is 1.81 bits per heavy atom. The van der Waals surface area contributed by atoms with Crippen molar-refractivity contribution in [2.24, 2.45) is 0 Å². The standard InChI is InChI=1S/C22H44O4/c1-4-5-6-13-16-20(24)17-14-11-9-7-8-10-12-15-18-21(25)26-22(2,3)19-23/h20,23-24H,4-19H2,1-3H3. The highest BCUT2D eigenvalue weighted by atomic mass is 16.6. The van der Waals surface area contributed by atoms with Crippen LogP contribution in [0.1, 0.15) is 117 Å². The Morgan fingerprint density at radius 1 is 0.846 bits per heavy atom. The van der Waals surface area contributed by atoms with E-state index in [0.29, 0.717) is 6.42 Å². The molecule has 0 fully saturated rings. The maximum absolute atomic E-state index is 11.6. The summed E-state index contributed by atoms with van der Waals surface area (Å²) < 4.78 is 5.21. The molecule has 26 heavy (non-hydrogen) atoms. The summed E-state index contributed by atoms with van der Waals surface area (Å²) in [6.45, 7) is 5.51. The number of carbonyl (C=O) groups is 1. The topological polar surface area (TPSA) is 66.8 Å². The third kappa shape index (κ3) is 16.8. The van der Waals surface area contributed by atoms with Crippen molar-refractivity contribution >= 4 is 5.97 Å². The molecule has 0 spiro atoms. The molecule has 4 nitrogen and oxygen atoms in total. The Labute approximate surface area is 161 Å². The summed E-state index contributed by atoms with van der Waals surface area (Å²) in [5.74, 6) is -0.211. The molecule has 0 aliphatic heterocycles. The molecule has 0 saturated carbocycles. The lowest BCUT2D eigenvalue weighted by molar-refractivity contribution is -0.160. The predicted molar refractivity (Wildman–Crippen MR) is 108 cm³/mol. The van der Waals surface area contributed by atoms with Crippen molar-refractivity contribution in [2.45, 2.75) is 129 Å². The van der Waals surface area contributed by atoms with E-state index < -0.39 is 5.60 Å². The van der Waals surface area contributed by atoms with E-state index in [9.17, 15) is 9.90 Å². The van der Waals surface area contributed by atoms with Crippen LogP contribution in [0.2, 0.25) is 0 Å². The van der Waals surface area contributed by atoms with Gasteiger partial charge in [0.1, 0.15) is 5.60 Å². The summed E-state index contributed by atoms with van der Waals surface area (Å²) in [5, 5.41) is 19.0. The first-order valence-corrected chi connectivity index (χ1v) is 10.9. The van der Waals surface area contributed by atoms with Gasteiger partial charge in [-0.25, -0.2) is 0 Å². The fraction of sp³-hybridized carbons (Fsp3) is 0.955. The van der Waals surface area contributed by atoms with E-state index in [0.717, 1.165) is 38.5 Å². The molecule has 0 aromatic rings. The number of aliphatic hydroxyl groups excluding tert-OH is 2. The third-order valence-electron chi connectivity index (χ3n) is 4.83. The summed E-state index contributed by atoms with van der Waals surface area (Å²) >= 11 is 0. The van der Waals surface area contributed by atoms with Gasteiger partial charge in [0.15, 0.2) is 0 Å². The van der Waals surface area contributed by atoms with Crippen LogP contribution in [-0.2, 0) is 9.53 Å². The van der Waals surface area contributed by atoms with Gasteiger partial charge in [0, 0.05) is 6.42 Å². The zero-order chi connectivity index (χ0) is 19.7. The van der Waals surface area contributed by atoms with Crippen LogP contribution in [0.15, 0.2) is 0 Å². The number of hydrogen-bond acceptors (Lipinski definition) is 4. The second kappa shape index (κ2) is 16.6. The summed E-state index contributed by atoms with van der Waals surface area (Å²) in [5.41, 5.74) is -0.764. The van der Waals surface area contributed by atoms with Crippen LogP contribution in [0.25, 0.3) is 0 Å². The van der Waals surface area contributed by atoms with Crippen LogP contribution in [0.4, 0.5) is 0 Å². The third-order valence-corrected chi connectivity index (χ3v) is 4.83. The number of esters is 1. The molecule has 0 aromatic heterocycles. The Hall–Kier alpha value is -0.610. The normalized spacial score (nSPS) is 13.0. The summed E-state index contributed by atoms with van der Waals surface area (Å²) in [7, 11) is 0. The van der Waals surface area contributed by atoms with Gasteiger partial charge in [-0.1, -0.05) is 77.6 Å². The largest absolute Gasteiger partial charge is 0.457 e. The Kier molecular flexibility index (Phi) is 16.2. The molecule has 0 radical (unpaired) electrons. The molecule has 1 atom stereocenters. The summed E-state index contributed by atoms with van der Waals surface area (Å²) in [6, 6.07) is 0. The van der Waals surface area contributed by atoms with Crippen LogP contribution >= 0.6 is 0 Å². The molecule has 0 aliphatic carbocycles. The van der Waals surface area contributed by atoms with E-state index in [-0.39, 0.29) is 18.7 Å². The van der Waals surface area contributed by atoms with Gasteiger partial charge in [-0.3, -0.25) is 4.79 Å². The molecular formula is C22H44O4. The van der Waals surface area contributed by atoms with E-state index in [1.54, 1.807) is 13.8 Å². The molecule has 0 aromatic carbocycles. The Balaban J connectivity index is 3.32. The van der Waals surface area contributed by atoms with Gasteiger partial charge in [-0.2, -0.15) is 0 Å². The number of aliphatic hydroxyl groups is 2. The molecule has 0 aliphatic rings. The molecule has 2 N–H and O–H groups in total. The van der Waals surface area contributed by atoms with Gasteiger partial charge >= 0.3 is 5.97 Å². The molecule has 0 bridgehead atoms. The quantitative estimate of drug-likeness (QED) is 0.245. The summed E-state index contributed by atoms with van der Waals surface area (Å²) in [4.78, 5) is 11.6. The fourth-order valence-corrected chi connectivity index (χ4v) is 3.05. The van der Waals surface area contributed by atoms with Gasteiger partial charge < -0.3 is 14.9 Å². The number of rotatable bonds is 18. The minimum atomic E-state index is -0.764. The van der Waals surface area contributed by atoms with Gasteiger partial charge in [0.2, 0.25) is 0 Å². The smallest absolute Gasteiger partial charge is 0.306 e. The minimum Gasteiger partial charge on any atom is -0.457 e. The number of unbranched alkanes of at least 4 members (excludes halogenated alkanes) is 10. The van der Waals surface area contributed by atoms with Crippen LogP contribution < -0.4 is 0 Å². The van der Waals surface area contributed by atoms with Crippen molar-refractivity contribution in [1.82, 2.24) is 0 Å². The van der Waals surface area contributed by atoms with E-state index >= 15 is 0 Å². The monoisotopic (exact) mass is 372 g/mol. The number of carbonyl (C=O) groups excluding carboxylic acids is 1. The molecule has 0 heterocycles. The zero-order valence-corrected chi connectivity index (χ0v) is 17.6. The first-order chi connectivity index (χ1) is 12.4.